The average Bonchev–Trinajstić information content (AvgIpc) is 2.98. The minimum absolute atomic E-state index is 0.0273. The molecule has 1 aromatic rings. The number of piperidine rings is 1. The number of carbonyl (C=O) groups is 2. The SMILES string of the molecule is Cc1ccc(C2=C(N(C)C3CCN(C)CC3)C(=O)N(C3CCCCCCC3)C2=O)c(C)c1. The second-order valence-electron chi connectivity index (χ2n) is 10.2. The first-order valence-corrected chi connectivity index (χ1v) is 12.5. The van der Waals surface area contributed by atoms with Gasteiger partial charge in [0.05, 0.1) is 5.57 Å². The van der Waals surface area contributed by atoms with Crippen LogP contribution in [0.5, 0.6) is 0 Å². The molecule has 0 bridgehead atoms. The maximum Gasteiger partial charge on any atom is 0.278 e. The highest BCUT2D eigenvalue weighted by Gasteiger charge is 2.45. The molecule has 0 radical (unpaired) electrons. The second-order valence-corrected chi connectivity index (χ2v) is 10.2. The van der Waals surface area contributed by atoms with Gasteiger partial charge < -0.3 is 9.80 Å². The first-order valence-electron chi connectivity index (χ1n) is 12.5. The third-order valence-corrected chi connectivity index (χ3v) is 7.77. The van der Waals surface area contributed by atoms with Gasteiger partial charge in [0, 0.05) is 19.1 Å². The van der Waals surface area contributed by atoms with Crippen LogP contribution >= 0.6 is 0 Å². The van der Waals surface area contributed by atoms with E-state index in [0.29, 0.717) is 11.3 Å². The van der Waals surface area contributed by atoms with Gasteiger partial charge in [0.1, 0.15) is 5.70 Å². The van der Waals surface area contributed by atoms with Gasteiger partial charge in [-0.25, -0.2) is 0 Å². The number of nitrogens with zero attached hydrogens (tertiary/aromatic N) is 3. The number of hydrogen-bond acceptors (Lipinski definition) is 4. The van der Waals surface area contributed by atoms with Crippen LogP contribution in [0.2, 0.25) is 0 Å². The van der Waals surface area contributed by atoms with Crippen molar-refractivity contribution in [2.75, 3.05) is 27.2 Å². The minimum atomic E-state index is -0.0812. The highest BCUT2D eigenvalue weighted by molar-refractivity contribution is 6.36. The molecule has 0 N–H and O–H groups in total. The van der Waals surface area contributed by atoms with E-state index in [9.17, 15) is 9.59 Å². The van der Waals surface area contributed by atoms with Gasteiger partial charge in [-0.2, -0.15) is 0 Å². The van der Waals surface area contributed by atoms with Gasteiger partial charge in [-0.1, -0.05) is 55.9 Å². The zero-order valence-electron chi connectivity index (χ0n) is 20.3. The van der Waals surface area contributed by atoms with Crippen molar-refractivity contribution in [1.82, 2.24) is 14.7 Å². The summed E-state index contributed by atoms with van der Waals surface area (Å²) in [5.41, 5.74) is 4.40. The van der Waals surface area contributed by atoms with Crippen LogP contribution in [-0.4, -0.2) is 65.8 Å². The zero-order chi connectivity index (χ0) is 22.8. The summed E-state index contributed by atoms with van der Waals surface area (Å²) in [4.78, 5) is 34.0. The summed E-state index contributed by atoms with van der Waals surface area (Å²) >= 11 is 0. The average molecular weight is 438 g/mol. The molecule has 1 aromatic carbocycles. The molecule has 2 fully saturated rings. The van der Waals surface area contributed by atoms with Crippen molar-refractivity contribution < 1.29 is 9.59 Å². The molecule has 1 saturated carbocycles. The van der Waals surface area contributed by atoms with Crippen molar-refractivity contribution in [3.8, 4) is 0 Å². The fourth-order valence-corrected chi connectivity index (χ4v) is 5.79. The van der Waals surface area contributed by atoms with Crippen molar-refractivity contribution in [2.45, 2.75) is 83.7 Å². The van der Waals surface area contributed by atoms with Crippen LogP contribution in [0.15, 0.2) is 23.9 Å². The molecular weight excluding hydrogens is 398 g/mol. The molecule has 4 rings (SSSR count). The van der Waals surface area contributed by atoms with Crippen molar-refractivity contribution in [1.29, 1.82) is 0 Å². The third-order valence-electron chi connectivity index (χ3n) is 7.77. The van der Waals surface area contributed by atoms with Gasteiger partial charge in [0.2, 0.25) is 0 Å². The maximum absolute atomic E-state index is 13.9. The lowest BCUT2D eigenvalue weighted by Gasteiger charge is -2.37. The molecule has 0 spiro atoms. The predicted molar refractivity (Wildman–Crippen MR) is 129 cm³/mol. The Morgan fingerprint density at radius 2 is 1.50 bits per heavy atom. The molecule has 5 nitrogen and oxygen atoms in total. The number of amides is 2. The van der Waals surface area contributed by atoms with Crippen LogP contribution < -0.4 is 0 Å². The Morgan fingerprint density at radius 3 is 2.12 bits per heavy atom. The molecule has 2 amide bonds. The molecule has 0 unspecified atom stereocenters. The standard InChI is InChI=1S/C27H39N3O2/c1-19-12-13-23(20(2)18-19)24-25(29(4)21-14-16-28(3)17-15-21)27(32)30(26(24)31)22-10-8-6-5-7-9-11-22/h12-13,18,21-22H,5-11,14-17H2,1-4H3. The number of rotatable bonds is 4. The smallest absolute Gasteiger partial charge is 0.278 e. The van der Waals surface area contributed by atoms with Crippen molar-refractivity contribution in [2.24, 2.45) is 0 Å². The number of benzene rings is 1. The van der Waals surface area contributed by atoms with Crippen LogP contribution in [0, 0.1) is 13.8 Å². The molecule has 1 aliphatic carbocycles. The highest BCUT2D eigenvalue weighted by atomic mass is 16.2. The van der Waals surface area contributed by atoms with E-state index in [1.54, 1.807) is 4.90 Å². The van der Waals surface area contributed by atoms with Gasteiger partial charge in [0.25, 0.3) is 11.8 Å². The lowest BCUT2D eigenvalue weighted by Crippen LogP contribution is -2.45. The van der Waals surface area contributed by atoms with Crippen LogP contribution in [0.25, 0.3) is 5.57 Å². The molecule has 1 saturated heterocycles. The van der Waals surface area contributed by atoms with E-state index in [1.165, 1.54) is 24.8 Å². The normalized spacial score (nSPS) is 22.4. The summed E-state index contributed by atoms with van der Waals surface area (Å²) in [6.07, 6.45) is 9.76. The minimum Gasteiger partial charge on any atom is -0.366 e. The van der Waals surface area contributed by atoms with Crippen molar-refractivity contribution in [3.63, 3.8) is 0 Å². The Hall–Kier alpha value is -2.14. The van der Waals surface area contributed by atoms with E-state index in [0.717, 1.165) is 62.7 Å². The Morgan fingerprint density at radius 1 is 0.875 bits per heavy atom. The fourth-order valence-electron chi connectivity index (χ4n) is 5.79. The Bertz CT molecular complexity index is 890. The molecular formula is C27H39N3O2. The van der Waals surface area contributed by atoms with E-state index >= 15 is 0 Å². The highest BCUT2D eigenvalue weighted by Crippen LogP contribution is 2.38. The van der Waals surface area contributed by atoms with E-state index in [-0.39, 0.29) is 23.9 Å². The number of hydrogen-bond donors (Lipinski definition) is 0. The molecule has 5 heteroatoms. The number of likely N-dealkylation sites (tertiary alicyclic amines) is 1. The quantitative estimate of drug-likeness (QED) is 0.650. The summed E-state index contributed by atoms with van der Waals surface area (Å²) in [5.74, 6) is -0.153. The van der Waals surface area contributed by atoms with Crippen molar-refractivity contribution in [3.05, 3.63) is 40.6 Å². The van der Waals surface area contributed by atoms with Crippen LogP contribution in [0.1, 0.15) is 74.5 Å². The Labute approximate surface area is 193 Å². The Kier molecular flexibility index (Phi) is 7.04. The molecule has 0 atom stereocenters. The van der Waals surface area contributed by atoms with Crippen LogP contribution in [-0.2, 0) is 9.59 Å². The van der Waals surface area contributed by atoms with E-state index in [4.69, 9.17) is 0 Å². The summed E-state index contributed by atoms with van der Waals surface area (Å²) in [6, 6.07) is 6.52. The summed E-state index contributed by atoms with van der Waals surface area (Å²) in [6.45, 7) is 6.17. The molecule has 174 valence electrons. The zero-order valence-corrected chi connectivity index (χ0v) is 20.3. The van der Waals surface area contributed by atoms with Crippen molar-refractivity contribution >= 4 is 17.4 Å². The number of carbonyl (C=O) groups excluding carboxylic acids is 2. The van der Waals surface area contributed by atoms with E-state index in [1.807, 2.05) is 13.1 Å². The van der Waals surface area contributed by atoms with Gasteiger partial charge in [-0.15, -0.1) is 0 Å². The van der Waals surface area contributed by atoms with E-state index in [2.05, 4.69) is 42.8 Å². The number of imide groups is 1. The molecule has 0 aromatic heterocycles. The molecule has 2 aliphatic heterocycles. The van der Waals surface area contributed by atoms with Gasteiger partial charge in [-0.05, 0) is 70.8 Å². The number of aryl methyl sites for hydroxylation is 2. The largest absolute Gasteiger partial charge is 0.366 e. The fraction of sp³-hybridized carbons (Fsp3) is 0.630. The topological polar surface area (TPSA) is 43.9 Å². The van der Waals surface area contributed by atoms with Crippen LogP contribution in [0.3, 0.4) is 0 Å². The lowest BCUT2D eigenvalue weighted by atomic mass is 9.95. The molecule has 3 aliphatic rings. The van der Waals surface area contributed by atoms with E-state index < -0.39 is 0 Å². The van der Waals surface area contributed by atoms with Gasteiger partial charge >= 0.3 is 0 Å². The third kappa shape index (κ3) is 4.50. The Balaban J connectivity index is 1.73. The molecule has 32 heavy (non-hydrogen) atoms. The molecule has 2 heterocycles. The maximum atomic E-state index is 13.9. The second kappa shape index (κ2) is 9.78. The number of likely N-dealkylation sites (N-methyl/N-ethyl adjacent to an activating group) is 1. The monoisotopic (exact) mass is 437 g/mol. The van der Waals surface area contributed by atoms with Gasteiger partial charge in [-0.3, -0.25) is 14.5 Å². The van der Waals surface area contributed by atoms with Gasteiger partial charge in [0.15, 0.2) is 0 Å². The van der Waals surface area contributed by atoms with Crippen LogP contribution in [0.4, 0.5) is 0 Å². The predicted octanol–water partition coefficient (Wildman–Crippen LogP) is 4.52. The summed E-state index contributed by atoms with van der Waals surface area (Å²) in [7, 11) is 4.18. The lowest BCUT2D eigenvalue weighted by molar-refractivity contribution is -0.140. The summed E-state index contributed by atoms with van der Waals surface area (Å²) < 4.78 is 0. The summed E-state index contributed by atoms with van der Waals surface area (Å²) in [5, 5.41) is 0. The first kappa shape index (κ1) is 23.0. The first-order chi connectivity index (χ1) is 15.4.